The van der Waals surface area contributed by atoms with Crippen LogP contribution >= 0.6 is 27.7 Å². The van der Waals surface area contributed by atoms with E-state index in [1.807, 2.05) is 44.2 Å². The number of nitrogens with one attached hydrogen (secondary N) is 1. The van der Waals surface area contributed by atoms with E-state index in [1.54, 1.807) is 10.6 Å². The zero-order valence-corrected chi connectivity index (χ0v) is 18.9. The minimum Gasteiger partial charge on any atom is -0.353 e. The molecule has 0 spiro atoms. The molecule has 1 aromatic heterocycles. The van der Waals surface area contributed by atoms with E-state index < -0.39 is 0 Å². The molecule has 1 amide bonds. The molecular weight excluding hydrogens is 450 g/mol. The highest BCUT2D eigenvalue weighted by molar-refractivity contribution is 9.10. The molecule has 0 fully saturated rings. The molecule has 1 heterocycles. The maximum atomic E-state index is 12.8. The van der Waals surface area contributed by atoms with Crippen molar-refractivity contribution in [3.63, 3.8) is 0 Å². The van der Waals surface area contributed by atoms with Gasteiger partial charge in [0, 0.05) is 17.1 Å². The van der Waals surface area contributed by atoms with Crippen LogP contribution in [0.25, 0.3) is 10.9 Å². The predicted octanol–water partition coefficient (Wildman–Crippen LogP) is 4.41. The third kappa shape index (κ3) is 5.70. The normalized spacial score (nSPS) is 12.1. The number of aromatic nitrogens is 2. The molecule has 0 bridgehead atoms. The van der Waals surface area contributed by atoms with Gasteiger partial charge in [-0.1, -0.05) is 58.0 Å². The second-order valence-electron chi connectivity index (χ2n) is 6.89. The molecule has 0 aliphatic rings. The van der Waals surface area contributed by atoms with Gasteiger partial charge >= 0.3 is 0 Å². The number of thioether (sulfide) groups is 1. The van der Waals surface area contributed by atoms with E-state index in [4.69, 9.17) is 0 Å². The highest BCUT2D eigenvalue weighted by Crippen LogP contribution is 2.20. The third-order valence-electron chi connectivity index (χ3n) is 4.65. The Morgan fingerprint density at radius 2 is 2.00 bits per heavy atom. The Hall–Kier alpha value is -2.12. The van der Waals surface area contributed by atoms with Crippen LogP contribution in [-0.2, 0) is 17.8 Å². The summed E-state index contributed by atoms with van der Waals surface area (Å²) in [5.74, 6) is 0.174. The van der Waals surface area contributed by atoms with E-state index in [0.717, 1.165) is 17.3 Å². The van der Waals surface area contributed by atoms with Gasteiger partial charge < -0.3 is 5.32 Å². The predicted molar refractivity (Wildman–Crippen MR) is 122 cm³/mol. The zero-order chi connectivity index (χ0) is 20.8. The summed E-state index contributed by atoms with van der Waals surface area (Å²) in [6.45, 7) is 4.42. The molecule has 3 aromatic rings. The smallest absolute Gasteiger partial charge is 0.262 e. The summed E-state index contributed by atoms with van der Waals surface area (Å²) in [6.07, 6.45) is 1.80. The molecule has 29 heavy (non-hydrogen) atoms. The lowest BCUT2D eigenvalue weighted by Gasteiger charge is -2.15. The van der Waals surface area contributed by atoms with Crippen molar-refractivity contribution in [2.45, 2.75) is 44.4 Å². The monoisotopic (exact) mass is 473 g/mol. The Morgan fingerprint density at radius 1 is 1.24 bits per heavy atom. The van der Waals surface area contributed by atoms with E-state index >= 15 is 0 Å². The Morgan fingerprint density at radius 3 is 2.72 bits per heavy atom. The van der Waals surface area contributed by atoms with Crippen molar-refractivity contribution in [3.05, 3.63) is 68.9 Å². The van der Waals surface area contributed by atoms with Crippen LogP contribution in [0.5, 0.6) is 0 Å². The quantitative estimate of drug-likeness (QED) is 0.388. The van der Waals surface area contributed by atoms with Crippen LogP contribution < -0.4 is 10.9 Å². The van der Waals surface area contributed by atoms with Gasteiger partial charge in [-0.2, -0.15) is 0 Å². The first-order chi connectivity index (χ1) is 14.0. The van der Waals surface area contributed by atoms with Gasteiger partial charge in [0.25, 0.3) is 5.56 Å². The van der Waals surface area contributed by atoms with Crippen molar-refractivity contribution in [1.82, 2.24) is 14.9 Å². The van der Waals surface area contributed by atoms with E-state index in [9.17, 15) is 9.59 Å². The number of aryl methyl sites for hydroxylation is 1. The first-order valence-corrected chi connectivity index (χ1v) is 11.4. The van der Waals surface area contributed by atoms with Crippen LogP contribution in [0.3, 0.4) is 0 Å². The number of nitrogens with zero attached hydrogens (tertiary/aromatic N) is 2. The summed E-state index contributed by atoms with van der Waals surface area (Å²) < 4.78 is 2.46. The molecular formula is C22H24BrN3O2S. The minimum atomic E-state index is -0.0852. The topological polar surface area (TPSA) is 64.0 Å². The number of hydrogen-bond donors (Lipinski definition) is 1. The van der Waals surface area contributed by atoms with Crippen LogP contribution in [0.4, 0.5) is 0 Å². The van der Waals surface area contributed by atoms with Gasteiger partial charge in [0.05, 0.1) is 16.7 Å². The summed E-state index contributed by atoms with van der Waals surface area (Å²) in [5.41, 5.74) is 1.82. The molecule has 0 saturated heterocycles. The van der Waals surface area contributed by atoms with Gasteiger partial charge in [-0.05, 0) is 50.5 Å². The molecule has 5 nitrogen and oxygen atoms in total. The number of fused-ring (bicyclic) bond motifs is 1. The van der Waals surface area contributed by atoms with Gasteiger partial charge in [-0.15, -0.1) is 0 Å². The van der Waals surface area contributed by atoms with Gasteiger partial charge in [0.15, 0.2) is 5.16 Å². The first-order valence-electron chi connectivity index (χ1n) is 9.64. The van der Waals surface area contributed by atoms with Crippen LogP contribution in [0, 0.1) is 0 Å². The summed E-state index contributed by atoms with van der Waals surface area (Å²) in [4.78, 5) is 29.7. The summed E-state index contributed by atoms with van der Waals surface area (Å²) in [5, 5.41) is 4.18. The standard InChI is InChI=1S/C22H24BrN3O2S/c1-3-26-21(28)18-13-17(23)11-12-19(18)25-22(26)29-14-20(27)24-15(2)9-10-16-7-5-4-6-8-16/h4-8,11-13,15H,3,9-10,14H2,1-2H3,(H,24,27). The van der Waals surface area contributed by atoms with E-state index in [-0.39, 0.29) is 23.3 Å². The molecule has 152 valence electrons. The van der Waals surface area contributed by atoms with Crippen molar-refractivity contribution in [3.8, 4) is 0 Å². The Labute approximate surface area is 183 Å². The van der Waals surface area contributed by atoms with Crippen LogP contribution in [0.15, 0.2) is 63.0 Å². The number of amides is 1. The highest BCUT2D eigenvalue weighted by Gasteiger charge is 2.14. The average Bonchev–Trinajstić information content (AvgIpc) is 2.72. The number of rotatable bonds is 8. The minimum absolute atomic E-state index is 0.0524. The highest BCUT2D eigenvalue weighted by atomic mass is 79.9. The Kier molecular flexibility index (Phi) is 7.50. The number of hydrogen-bond acceptors (Lipinski definition) is 4. The fraction of sp³-hybridized carbons (Fsp3) is 0.318. The Bertz CT molecular complexity index is 1050. The molecule has 1 atom stereocenters. The average molecular weight is 474 g/mol. The van der Waals surface area contributed by atoms with Crippen molar-refractivity contribution in [2.75, 3.05) is 5.75 Å². The second kappa shape index (κ2) is 10.1. The molecule has 3 rings (SSSR count). The number of benzene rings is 2. The van der Waals surface area contributed by atoms with Crippen LogP contribution in [-0.4, -0.2) is 27.3 Å². The zero-order valence-electron chi connectivity index (χ0n) is 16.5. The molecule has 0 saturated carbocycles. The first kappa shape index (κ1) is 21.6. The van der Waals surface area contributed by atoms with Gasteiger partial charge in [0.1, 0.15) is 0 Å². The molecule has 0 aliphatic carbocycles. The number of carbonyl (C=O) groups is 1. The molecule has 2 aromatic carbocycles. The van der Waals surface area contributed by atoms with Crippen molar-refractivity contribution in [1.29, 1.82) is 0 Å². The maximum absolute atomic E-state index is 12.8. The summed E-state index contributed by atoms with van der Waals surface area (Å²) in [7, 11) is 0. The molecule has 0 radical (unpaired) electrons. The van der Waals surface area contributed by atoms with Crippen LogP contribution in [0.1, 0.15) is 25.8 Å². The summed E-state index contributed by atoms with van der Waals surface area (Å²) >= 11 is 4.70. The number of carbonyl (C=O) groups excluding carboxylic acids is 1. The van der Waals surface area contributed by atoms with E-state index in [1.165, 1.54) is 17.3 Å². The molecule has 1 unspecified atom stereocenters. The second-order valence-corrected chi connectivity index (χ2v) is 8.74. The van der Waals surface area contributed by atoms with Crippen LogP contribution in [0.2, 0.25) is 0 Å². The maximum Gasteiger partial charge on any atom is 0.262 e. The van der Waals surface area contributed by atoms with Gasteiger partial charge in [-0.3, -0.25) is 14.2 Å². The fourth-order valence-electron chi connectivity index (χ4n) is 3.11. The fourth-order valence-corrected chi connectivity index (χ4v) is 4.34. The van der Waals surface area contributed by atoms with Crippen molar-refractivity contribution in [2.24, 2.45) is 0 Å². The van der Waals surface area contributed by atoms with E-state index in [0.29, 0.717) is 22.6 Å². The molecule has 1 N–H and O–H groups in total. The Balaban J connectivity index is 1.61. The lowest BCUT2D eigenvalue weighted by Crippen LogP contribution is -2.34. The van der Waals surface area contributed by atoms with Gasteiger partial charge in [0.2, 0.25) is 5.91 Å². The lowest BCUT2D eigenvalue weighted by atomic mass is 10.1. The number of halogens is 1. The lowest BCUT2D eigenvalue weighted by molar-refractivity contribution is -0.119. The van der Waals surface area contributed by atoms with E-state index in [2.05, 4.69) is 38.4 Å². The molecule has 7 heteroatoms. The summed E-state index contributed by atoms with van der Waals surface area (Å²) in [6, 6.07) is 15.8. The van der Waals surface area contributed by atoms with Gasteiger partial charge in [-0.25, -0.2) is 4.98 Å². The van der Waals surface area contributed by atoms with Crippen molar-refractivity contribution >= 4 is 44.5 Å². The third-order valence-corrected chi connectivity index (χ3v) is 6.12. The SMILES string of the molecule is CCn1c(SCC(=O)NC(C)CCc2ccccc2)nc2ccc(Br)cc2c1=O. The largest absolute Gasteiger partial charge is 0.353 e. The van der Waals surface area contributed by atoms with Crippen molar-refractivity contribution < 1.29 is 4.79 Å². The molecule has 0 aliphatic heterocycles.